The average Bonchev–Trinajstić information content (AvgIpc) is 3.02. The highest BCUT2D eigenvalue weighted by Crippen LogP contribution is 2.49. The highest BCUT2D eigenvalue weighted by molar-refractivity contribution is 9.10. The zero-order valence-electron chi connectivity index (χ0n) is 11.4. The first-order valence-electron chi connectivity index (χ1n) is 7.04. The summed E-state index contributed by atoms with van der Waals surface area (Å²) in [6.45, 7) is 2.23. The third kappa shape index (κ3) is 2.33. The van der Waals surface area contributed by atoms with Crippen LogP contribution in [0.2, 0.25) is 0 Å². The summed E-state index contributed by atoms with van der Waals surface area (Å²) in [4.78, 5) is 11.8. The molecule has 0 spiro atoms. The standard InChI is InChI=1S/C14H20BrN3O/c1-8(11-6-9-3-4-10(11)5-9)17-12-7-16-18(2)14(19)13(12)15/h7-11,17H,3-6H2,1-2H3. The van der Waals surface area contributed by atoms with Crippen LogP contribution in [-0.2, 0) is 7.05 Å². The van der Waals surface area contributed by atoms with E-state index in [9.17, 15) is 4.79 Å². The van der Waals surface area contributed by atoms with Crippen LogP contribution in [0.4, 0.5) is 5.69 Å². The topological polar surface area (TPSA) is 46.9 Å². The van der Waals surface area contributed by atoms with Crippen LogP contribution in [0.3, 0.4) is 0 Å². The Kier molecular flexibility index (Phi) is 3.41. The second kappa shape index (κ2) is 4.93. The molecule has 1 aromatic rings. The molecule has 1 heterocycles. The smallest absolute Gasteiger partial charge is 0.282 e. The van der Waals surface area contributed by atoms with Gasteiger partial charge in [0.15, 0.2) is 0 Å². The fraction of sp³-hybridized carbons (Fsp3) is 0.714. The van der Waals surface area contributed by atoms with Crippen LogP contribution < -0.4 is 10.9 Å². The second-order valence-electron chi connectivity index (χ2n) is 6.07. The Morgan fingerprint density at radius 3 is 2.89 bits per heavy atom. The summed E-state index contributed by atoms with van der Waals surface area (Å²) in [5, 5.41) is 7.56. The maximum atomic E-state index is 11.8. The van der Waals surface area contributed by atoms with Gasteiger partial charge >= 0.3 is 0 Å². The van der Waals surface area contributed by atoms with Crippen molar-refractivity contribution in [1.82, 2.24) is 9.78 Å². The molecule has 104 valence electrons. The van der Waals surface area contributed by atoms with E-state index >= 15 is 0 Å². The lowest BCUT2D eigenvalue weighted by atomic mass is 9.84. The predicted octanol–water partition coefficient (Wildman–Crippen LogP) is 2.78. The minimum Gasteiger partial charge on any atom is -0.380 e. The largest absolute Gasteiger partial charge is 0.380 e. The lowest BCUT2D eigenvalue weighted by molar-refractivity contribution is 0.304. The van der Waals surface area contributed by atoms with Gasteiger partial charge in [-0.3, -0.25) is 4.79 Å². The molecule has 4 atom stereocenters. The Labute approximate surface area is 121 Å². The van der Waals surface area contributed by atoms with Gasteiger partial charge in [-0.05, 0) is 59.9 Å². The molecule has 0 radical (unpaired) electrons. The minimum atomic E-state index is -0.0925. The molecule has 0 saturated heterocycles. The molecule has 4 unspecified atom stereocenters. The molecule has 2 bridgehead atoms. The lowest BCUT2D eigenvalue weighted by Gasteiger charge is -2.29. The second-order valence-corrected chi connectivity index (χ2v) is 6.87. The quantitative estimate of drug-likeness (QED) is 0.929. The van der Waals surface area contributed by atoms with Crippen molar-refractivity contribution >= 4 is 21.6 Å². The number of anilines is 1. The fourth-order valence-corrected chi connectivity index (χ4v) is 4.34. The number of halogens is 1. The minimum absolute atomic E-state index is 0.0925. The molecule has 4 nitrogen and oxygen atoms in total. The van der Waals surface area contributed by atoms with Crippen molar-refractivity contribution in [2.45, 2.75) is 38.6 Å². The van der Waals surface area contributed by atoms with E-state index in [1.54, 1.807) is 13.2 Å². The van der Waals surface area contributed by atoms with Crippen molar-refractivity contribution in [2.24, 2.45) is 24.8 Å². The normalized spacial score (nSPS) is 30.6. The number of aryl methyl sites for hydroxylation is 1. The lowest BCUT2D eigenvalue weighted by Crippen LogP contribution is -2.31. The van der Waals surface area contributed by atoms with Gasteiger partial charge in [-0.1, -0.05) is 6.42 Å². The Bertz CT molecular complexity index is 542. The first kappa shape index (κ1) is 13.2. The van der Waals surface area contributed by atoms with Gasteiger partial charge in [0.25, 0.3) is 5.56 Å². The maximum Gasteiger partial charge on any atom is 0.282 e. The van der Waals surface area contributed by atoms with Gasteiger partial charge in [0.2, 0.25) is 0 Å². The molecule has 0 aliphatic heterocycles. The molecular formula is C14H20BrN3O. The number of nitrogens with one attached hydrogen (secondary N) is 1. The Morgan fingerprint density at radius 2 is 2.26 bits per heavy atom. The van der Waals surface area contributed by atoms with Gasteiger partial charge in [-0.2, -0.15) is 5.10 Å². The molecule has 2 aliphatic rings. The fourth-order valence-electron chi connectivity index (χ4n) is 3.87. The van der Waals surface area contributed by atoms with Gasteiger partial charge in [0.1, 0.15) is 4.47 Å². The van der Waals surface area contributed by atoms with Crippen molar-refractivity contribution in [2.75, 3.05) is 5.32 Å². The van der Waals surface area contributed by atoms with E-state index in [1.165, 1.54) is 30.4 Å². The number of hydrogen-bond donors (Lipinski definition) is 1. The summed E-state index contributed by atoms with van der Waals surface area (Å²) in [6.07, 6.45) is 7.29. The molecule has 2 aliphatic carbocycles. The van der Waals surface area contributed by atoms with Crippen LogP contribution in [0.5, 0.6) is 0 Å². The monoisotopic (exact) mass is 325 g/mol. The average molecular weight is 326 g/mol. The van der Waals surface area contributed by atoms with Gasteiger partial charge in [-0.15, -0.1) is 0 Å². The number of aromatic nitrogens is 2. The van der Waals surface area contributed by atoms with Gasteiger partial charge in [0, 0.05) is 13.1 Å². The summed E-state index contributed by atoms with van der Waals surface area (Å²) >= 11 is 3.37. The van der Waals surface area contributed by atoms with E-state index in [0.29, 0.717) is 10.5 Å². The third-order valence-corrected chi connectivity index (χ3v) is 5.66. The van der Waals surface area contributed by atoms with E-state index in [0.717, 1.165) is 23.4 Å². The molecule has 1 aromatic heterocycles. The van der Waals surface area contributed by atoms with Gasteiger partial charge in [0.05, 0.1) is 11.9 Å². The summed E-state index contributed by atoms with van der Waals surface area (Å²) in [7, 11) is 1.66. The Morgan fingerprint density at radius 1 is 1.47 bits per heavy atom. The van der Waals surface area contributed by atoms with Gasteiger partial charge < -0.3 is 5.32 Å². The van der Waals surface area contributed by atoms with Crippen molar-refractivity contribution in [3.05, 3.63) is 21.0 Å². The molecule has 0 aromatic carbocycles. The third-order valence-electron chi connectivity index (χ3n) is 4.90. The highest BCUT2D eigenvalue weighted by Gasteiger charge is 2.41. The van der Waals surface area contributed by atoms with Gasteiger partial charge in [-0.25, -0.2) is 4.68 Å². The van der Waals surface area contributed by atoms with E-state index in [-0.39, 0.29) is 5.56 Å². The SMILES string of the molecule is CC(Nc1cnn(C)c(=O)c1Br)C1CC2CCC1C2. The highest BCUT2D eigenvalue weighted by atomic mass is 79.9. The number of rotatable bonds is 3. The number of fused-ring (bicyclic) bond motifs is 2. The van der Waals surface area contributed by atoms with Crippen molar-refractivity contribution in [3.63, 3.8) is 0 Å². The van der Waals surface area contributed by atoms with Crippen molar-refractivity contribution < 1.29 is 0 Å². The Balaban J connectivity index is 1.75. The van der Waals surface area contributed by atoms with Crippen LogP contribution in [-0.4, -0.2) is 15.8 Å². The molecule has 0 amide bonds. The van der Waals surface area contributed by atoms with Crippen molar-refractivity contribution in [3.8, 4) is 0 Å². The van der Waals surface area contributed by atoms with Crippen LogP contribution in [0.1, 0.15) is 32.6 Å². The molecule has 3 rings (SSSR count). The molecule has 2 fully saturated rings. The van der Waals surface area contributed by atoms with Crippen LogP contribution >= 0.6 is 15.9 Å². The van der Waals surface area contributed by atoms with Crippen molar-refractivity contribution in [1.29, 1.82) is 0 Å². The molecule has 19 heavy (non-hydrogen) atoms. The van der Waals surface area contributed by atoms with E-state index in [4.69, 9.17) is 0 Å². The number of hydrogen-bond acceptors (Lipinski definition) is 3. The summed E-state index contributed by atoms with van der Waals surface area (Å²) < 4.78 is 1.93. The first-order chi connectivity index (χ1) is 9.06. The Hall–Kier alpha value is -0.840. The van der Waals surface area contributed by atoms with E-state index < -0.39 is 0 Å². The van der Waals surface area contributed by atoms with Crippen LogP contribution in [0, 0.1) is 17.8 Å². The van der Waals surface area contributed by atoms with E-state index in [2.05, 4.69) is 33.3 Å². The molecule has 1 N–H and O–H groups in total. The molecule has 5 heteroatoms. The molecule has 2 saturated carbocycles. The zero-order chi connectivity index (χ0) is 13.6. The number of nitrogens with zero attached hydrogens (tertiary/aromatic N) is 2. The first-order valence-corrected chi connectivity index (χ1v) is 7.84. The van der Waals surface area contributed by atoms with Crippen LogP contribution in [0.25, 0.3) is 0 Å². The predicted molar refractivity (Wildman–Crippen MR) is 79.2 cm³/mol. The zero-order valence-corrected chi connectivity index (χ0v) is 13.0. The summed E-state index contributed by atoms with van der Waals surface area (Å²) in [6, 6.07) is 0.403. The summed E-state index contributed by atoms with van der Waals surface area (Å²) in [5.74, 6) is 2.57. The maximum absolute atomic E-state index is 11.8. The molecular weight excluding hydrogens is 306 g/mol. The summed E-state index contributed by atoms with van der Waals surface area (Å²) in [5.41, 5.74) is 0.725. The van der Waals surface area contributed by atoms with E-state index in [1.807, 2.05) is 0 Å². The van der Waals surface area contributed by atoms with Crippen LogP contribution in [0.15, 0.2) is 15.5 Å².